The van der Waals surface area contributed by atoms with E-state index >= 15 is 0 Å². The molecule has 0 radical (unpaired) electrons. The lowest BCUT2D eigenvalue weighted by Crippen LogP contribution is -2.03. The number of pyridine rings is 1. The molecule has 0 atom stereocenters. The van der Waals surface area contributed by atoms with Crippen LogP contribution >= 0.6 is 15.9 Å². The maximum atomic E-state index is 13.5. The third kappa shape index (κ3) is 3.07. The Balaban J connectivity index is 2.39. The Bertz CT molecular complexity index is 617. The number of nitrogens with zero attached hydrogens (tertiary/aromatic N) is 1. The van der Waals surface area contributed by atoms with Crippen molar-refractivity contribution in [1.29, 1.82) is 0 Å². The van der Waals surface area contributed by atoms with E-state index in [-0.39, 0.29) is 5.82 Å². The minimum atomic E-state index is -1.33. The standard InChI is InChI=1S/C13H10BrF3N2/c1-2-7-5-8(14)3-4-11(7)18-13-10(16)6-9(15)12(17)19-13/h3-6H,2H2,1H3,(H,18,19). The summed E-state index contributed by atoms with van der Waals surface area (Å²) in [5.41, 5.74) is 1.50. The maximum absolute atomic E-state index is 13.5. The third-order valence-electron chi connectivity index (χ3n) is 2.59. The molecule has 2 rings (SSSR count). The van der Waals surface area contributed by atoms with E-state index in [9.17, 15) is 13.2 Å². The molecule has 0 aliphatic carbocycles. The highest BCUT2D eigenvalue weighted by Gasteiger charge is 2.13. The van der Waals surface area contributed by atoms with Crippen LogP contribution in [0.5, 0.6) is 0 Å². The van der Waals surface area contributed by atoms with Gasteiger partial charge in [0.2, 0.25) is 0 Å². The van der Waals surface area contributed by atoms with Crippen LogP contribution in [0, 0.1) is 17.6 Å². The molecule has 100 valence electrons. The molecule has 1 aromatic carbocycles. The number of halogens is 4. The number of anilines is 2. The fraction of sp³-hybridized carbons (Fsp3) is 0.154. The van der Waals surface area contributed by atoms with E-state index in [0.717, 1.165) is 10.0 Å². The van der Waals surface area contributed by atoms with Crippen LogP contribution in [0.2, 0.25) is 0 Å². The van der Waals surface area contributed by atoms with Crippen LogP contribution in [0.4, 0.5) is 24.7 Å². The van der Waals surface area contributed by atoms with Crippen molar-refractivity contribution < 1.29 is 13.2 Å². The second-order valence-corrected chi connectivity index (χ2v) is 4.79. The van der Waals surface area contributed by atoms with Crippen LogP contribution in [0.15, 0.2) is 28.7 Å². The summed E-state index contributed by atoms with van der Waals surface area (Å²) in [5.74, 6) is -3.92. The predicted molar refractivity (Wildman–Crippen MR) is 70.9 cm³/mol. The van der Waals surface area contributed by atoms with Crippen LogP contribution in [0.25, 0.3) is 0 Å². The Morgan fingerprint density at radius 2 is 1.89 bits per heavy atom. The molecule has 0 saturated heterocycles. The average Bonchev–Trinajstić information content (AvgIpc) is 2.37. The molecule has 1 aromatic heterocycles. The molecular weight excluding hydrogens is 321 g/mol. The van der Waals surface area contributed by atoms with Gasteiger partial charge in [-0.1, -0.05) is 22.9 Å². The van der Waals surface area contributed by atoms with E-state index in [1.807, 2.05) is 13.0 Å². The van der Waals surface area contributed by atoms with Crippen molar-refractivity contribution in [3.63, 3.8) is 0 Å². The van der Waals surface area contributed by atoms with Crippen molar-refractivity contribution >= 4 is 27.4 Å². The minimum absolute atomic E-state index is 0.337. The highest BCUT2D eigenvalue weighted by Crippen LogP contribution is 2.26. The van der Waals surface area contributed by atoms with Crippen molar-refractivity contribution in [2.45, 2.75) is 13.3 Å². The Hall–Kier alpha value is -1.56. The van der Waals surface area contributed by atoms with E-state index < -0.39 is 17.6 Å². The van der Waals surface area contributed by atoms with Gasteiger partial charge in [0.05, 0.1) is 0 Å². The first-order valence-electron chi connectivity index (χ1n) is 5.58. The number of aryl methyl sites for hydroxylation is 1. The number of aromatic nitrogens is 1. The lowest BCUT2D eigenvalue weighted by atomic mass is 10.1. The van der Waals surface area contributed by atoms with Crippen molar-refractivity contribution in [3.05, 3.63) is 51.9 Å². The summed E-state index contributed by atoms with van der Waals surface area (Å²) in [6.45, 7) is 1.93. The molecule has 2 aromatic rings. The van der Waals surface area contributed by atoms with Gasteiger partial charge in [0.25, 0.3) is 5.95 Å². The van der Waals surface area contributed by atoms with Gasteiger partial charge in [-0.3, -0.25) is 0 Å². The number of hydrogen-bond donors (Lipinski definition) is 1. The summed E-state index contributed by atoms with van der Waals surface area (Å²) < 4.78 is 40.2. The second kappa shape index (κ2) is 5.61. The van der Waals surface area contributed by atoms with Gasteiger partial charge < -0.3 is 5.32 Å². The number of nitrogens with one attached hydrogen (secondary N) is 1. The topological polar surface area (TPSA) is 24.9 Å². The maximum Gasteiger partial charge on any atom is 0.251 e. The Kier molecular flexibility index (Phi) is 4.09. The van der Waals surface area contributed by atoms with E-state index in [1.54, 1.807) is 12.1 Å². The zero-order valence-electron chi connectivity index (χ0n) is 9.98. The first kappa shape index (κ1) is 13.9. The van der Waals surface area contributed by atoms with Crippen molar-refractivity contribution in [2.24, 2.45) is 0 Å². The van der Waals surface area contributed by atoms with Crippen LogP contribution < -0.4 is 5.32 Å². The van der Waals surface area contributed by atoms with Crippen molar-refractivity contribution in [2.75, 3.05) is 5.32 Å². The summed E-state index contributed by atoms with van der Waals surface area (Å²) >= 11 is 3.33. The zero-order chi connectivity index (χ0) is 14.0. The lowest BCUT2D eigenvalue weighted by molar-refractivity contribution is 0.467. The quantitative estimate of drug-likeness (QED) is 0.834. The Morgan fingerprint density at radius 1 is 1.16 bits per heavy atom. The van der Waals surface area contributed by atoms with E-state index in [1.165, 1.54) is 0 Å². The van der Waals surface area contributed by atoms with Crippen molar-refractivity contribution in [3.8, 4) is 0 Å². The van der Waals surface area contributed by atoms with E-state index in [0.29, 0.717) is 18.2 Å². The van der Waals surface area contributed by atoms with Gasteiger partial charge in [-0.15, -0.1) is 0 Å². The van der Waals surface area contributed by atoms with Gasteiger partial charge in [-0.2, -0.15) is 9.37 Å². The summed E-state index contributed by atoms with van der Waals surface area (Å²) in [5, 5.41) is 2.67. The van der Waals surface area contributed by atoms with Crippen LogP contribution in [-0.4, -0.2) is 4.98 Å². The van der Waals surface area contributed by atoms with Gasteiger partial charge in [-0.25, -0.2) is 8.78 Å². The lowest BCUT2D eigenvalue weighted by Gasteiger charge is -2.11. The molecule has 0 fully saturated rings. The molecule has 6 heteroatoms. The first-order valence-corrected chi connectivity index (χ1v) is 6.37. The highest BCUT2D eigenvalue weighted by atomic mass is 79.9. The van der Waals surface area contributed by atoms with Gasteiger partial charge in [0.15, 0.2) is 17.5 Å². The SMILES string of the molecule is CCc1cc(Br)ccc1Nc1nc(F)c(F)cc1F. The fourth-order valence-corrected chi connectivity index (χ4v) is 2.04. The summed E-state index contributed by atoms with van der Waals surface area (Å²) in [4.78, 5) is 3.23. The van der Waals surface area contributed by atoms with E-state index in [2.05, 4.69) is 26.2 Å². The third-order valence-corrected chi connectivity index (χ3v) is 3.08. The van der Waals surface area contributed by atoms with Gasteiger partial charge >= 0.3 is 0 Å². The number of hydrogen-bond acceptors (Lipinski definition) is 2. The van der Waals surface area contributed by atoms with Crippen LogP contribution in [0.1, 0.15) is 12.5 Å². The number of benzene rings is 1. The second-order valence-electron chi connectivity index (χ2n) is 3.87. The summed E-state index contributed by atoms with van der Waals surface area (Å²) in [6, 6.07) is 5.81. The molecule has 0 unspecified atom stereocenters. The molecular formula is C13H10BrF3N2. The van der Waals surface area contributed by atoms with Crippen molar-refractivity contribution in [1.82, 2.24) is 4.98 Å². The monoisotopic (exact) mass is 330 g/mol. The molecule has 1 N–H and O–H groups in total. The molecule has 0 saturated carbocycles. The normalized spacial score (nSPS) is 10.6. The minimum Gasteiger partial charge on any atom is -0.337 e. The predicted octanol–water partition coefficient (Wildman–Crippen LogP) is 4.57. The molecule has 19 heavy (non-hydrogen) atoms. The first-order chi connectivity index (χ1) is 9.01. The largest absolute Gasteiger partial charge is 0.337 e. The van der Waals surface area contributed by atoms with Gasteiger partial charge in [-0.05, 0) is 30.2 Å². The van der Waals surface area contributed by atoms with Gasteiger partial charge in [0, 0.05) is 16.2 Å². The smallest absolute Gasteiger partial charge is 0.251 e. The average molecular weight is 331 g/mol. The zero-order valence-corrected chi connectivity index (χ0v) is 11.6. The van der Waals surface area contributed by atoms with E-state index in [4.69, 9.17) is 0 Å². The Morgan fingerprint density at radius 3 is 2.58 bits per heavy atom. The fourth-order valence-electron chi connectivity index (χ4n) is 1.64. The van der Waals surface area contributed by atoms with Crippen LogP contribution in [-0.2, 0) is 6.42 Å². The molecule has 0 amide bonds. The molecule has 2 nitrogen and oxygen atoms in total. The number of rotatable bonds is 3. The molecule has 0 bridgehead atoms. The molecule has 1 heterocycles. The molecule has 0 aliphatic rings. The Labute approximate surface area is 116 Å². The molecule has 0 aliphatic heterocycles. The summed E-state index contributed by atoms with van der Waals surface area (Å²) in [7, 11) is 0. The molecule has 0 spiro atoms. The highest BCUT2D eigenvalue weighted by molar-refractivity contribution is 9.10. The summed E-state index contributed by atoms with van der Waals surface area (Å²) in [6.07, 6.45) is 0.701. The van der Waals surface area contributed by atoms with Crippen LogP contribution in [0.3, 0.4) is 0 Å². The van der Waals surface area contributed by atoms with Gasteiger partial charge in [0.1, 0.15) is 0 Å².